The Morgan fingerprint density at radius 3 is 2.54 bits per heavy atom. The largest absolute Gasteiger partial charge is 0.494 e. The highest BCUT2D eigenvalue weighted by molar-refractivity contribution is 6.03. The van der Waals surface area contributed by atoms with Crippen molar-refractivity contribution in [1.29, 1.82) is 0 Å². The Labute approximate surface area is 140 Å². The average molecular weight is 331 g/mol. The van der Waals surface area contributed by atoms with Crippen LogP contribution in [0, 0.1) is 5.92 Å². The molecule has 1 aromatic carbocycles. The van der Waals surface area contributed by atoms with Gasteiger partial charge in [-0.15, -0.1) is 0 Å². The van der Waals surface area contributed by atoms with Crippen molar-refractivity contribution < 1.29 is 19.1 Å². The number of anilines is 2. The van der Waals surface area contributed by atoms with Crippen molar-refractivity contribution >= 4 is 29.1 Å². The zero-order chi connectivity index (χ0) is 17.9. The van der Waals surface area contributed by atoms with Crippen LogP contribution in [0.25, 0.3) is 0 Å². The van der Waals surface area contributed by atoms with Gasteiger partial charge in [-0.25, -0.2) is 0 Å². The molecule has 0 aromatic heterocycles. The molecule has 128 valence electrons. The summed E-state index contributed by atoms with van der Waals surface area (Å²) in [5, 5.41) is 5.89. The Bertz CT molecular complexity index is 710. The monoisotopic (exact) mass is 331 g/mol. The van der Waals surface area contributed by atoms with E-state index in [2.05, 4.69) is 10.6 Å². The highest BCUT2D eigenvalue weighted by atomic mass is 16.5. The highest BCUT2D eigenvalue weighted by Crippen LogP contribution is 2.29. The highest BCUT2D eigenvalue weighted by Gasteiger charge is 2.24. The molecule has 7 nitrogen and oxygen atoms in total. The molecule has 0 radical (unpaired) electrons. The standard InChI is InChI=1S/C17H21N3O4/c1-10(2)17(23)19-14-6-5-12(7-15(14)24-4)18-13-8-16(22)20(9-13)11(3)21/h5-8,10,18H,9H2,1-4H3,(H,19,23). The van der Waals surface area contributed by atoms with Gasteiger partial charge >= 0.3 is 0 Å². The summed E-state index contributed by atoms with van der Waals surface area (Å²) in [6, 6.07) is 5.21. The molecule has 3 amide bonds. The molecule has 0 bridgehead atoms. The Kier molecular flexibility index (Phi) is 5.23. The van der Waals surface area contributed by atoms with Gasteiger partial charge in [-0.3, -0.25) is 19.3 Å². The second kappa shape index (κ2) is 7.16. The number of carbonyl (C=O) groups is 3. The number of rotatable bonds is 5. The van der Waals surface area contributed by atoms with Crippen molar-refractivity contribution in [2.45, 2.75) is 20.8 Å². The molecule has 1 aliphatic heterocycles. The second-order valence-corrected chi connectivity index (χ2v) is 5.80. The third-order valence-corrected chi connectivity index (χ3v) is 3.56. The van der Waals surface area contributed by atoms with E-state index in [-0.39, 0.29) is 30.2 Å². The van der Waals surface area contributed by atoms with Crippen LogP contribution < -0.4 is 15.4 Å². The Balaban J connectivity index is 2.13. The summed E-state index contributed by atoms with van der Waals surface area (Å²) >= 11 is 0. The van der Waals surface area contributed by atoms with Crippen LogP contribution in [-0.4, -0.2) is 36.3 Å². The van der Waals surface area contributed by atoms with Crippen LogP contribution in [-0.2, 0) is 14.4 Å². The molecule has 2 rings (SSSR count). The Morgan fingerprint density at radius 2 is 2.00 bits per heavy atom. The first kappa shape index (κ1) is 17.5. The van der Waals surface area contributed by atoms with Crippen molar-refractivity contribution in [3.8, 4) is 5.75 Å². The van der Waals surface area contributed by atoms with E-state index < -0.39 is 0 Å². The smallest absolute Gasteiger partial charge is 0.255 e. The molecular formula is C17H21N3O4. The second-order valence-electron chi connectivity index (χ2n) is 5.80. The predicted molar refractivity (Wildman–Crippen MR) is 90.6 cm³/mol. The Hall–Kier alpha value is -2.83. The first-order chi connectivity index (χ1) is 11.3. The number of hydrogen-bond acceptors (Lipinski definition) is 5. The predicted octanol–water partition coefficient (Wildman–Crippen LogP) is 1.97. The summed E-state index contributed by atoms with van der Waals surface area (Å²) in [6.45, 7) is 5.18. The van der Waals surface area contributed by atoms with Crippen molar-refractivity contribution in [2.24, 2.45) is 5.92 Å². The van der Waals surface area contributed by atoms with Gasteiger partial charge in [0.2, 0.25) is 11.8 Å². The number of nitrogens with zero attached hydrogens (tertiary/aromatic N) is 1. The molecule has 1 aromatic rings. The normalized spacial score (nSPS) is 13.8. The van der Waals surface area contributed by atoms with E-state index in [1.165, 1.54) is 20.1 Å². The topological polar surface area (TPSA) is 87.7 Å². The molecule has 0 aliphatic carbocycles. The SMILES string of the molecule is COc1cc(NC2=CC(=O)N(C(C)=O)C2)ccc1NC(=O)C(C)C. The minimum absolute atomic E-state index is 0.102. The lowest BCUT2D eigenvalue weighted by Gasteiger charge is -2.15. The summed E-state index contributed by atoms with van der Waals surface area (Å²) in [5.41, 5.74) is 1.89. The molecule has 0 spiro atoms. The summed E-state index contributed by atoms with van der Waals surface area (Å²) < 4.78 is 5.31. The van der Waals surface area contributed by atoms with Crippen molar-refractivity contribution in [1.82, 2.24) is 4.90 Å². The van der Waals surface area contributed by atoms with Gasteiger partial charge < -0.3 is 15.4 Å². The third kappa shape index (κ3) is 3.92. The van der Waals surface area contributed by atoms with Gasteiger partial charge in [0.05, 0.1) is 19.3 Å². The fraction of sp³-hybridized carbons (Fsp3) is 0.353. The molecule has 0 unspecified atom stereocenters. The number of amides is 3. The van der Waals surface area contributed by atoms with E-state index in [4.69, 9.17) is 4.74 Å². The van der Waals surface area contributed by atoms with Crippen LogP contribution in [0.3, 0.4) is 0 Å². The van der Waals surface area contributed by atoms with E-state index in [1.54, 1.807) is 18.2 Å². The van der Waals surface area contributed by atoms with Gasteiger partial charge in [-0.1, -0.05) is 13.8 Å². The maximum Gasteiger partial charge on any atom is 0.255 e. The van der Waals surface area contributed by atoms with Gasteiger partial charge in [0, 0.05) is 36.4 Å². The number of carbonyl (C=O) groups excluding carboxylic acids is 3. The lowest BCUT2D eigenvalue weighted by atomic mass is 10.2. The number of benzene rings is 1. The van der Waals surface area contributed by atoms with Crippen LogP contribution in [0.15, 0.2) is 30.0 Å². The van der Waals surface area contributed by atoms with Gasteiger partial charge in [-0.05, 0) is 12.1 Å². The van der Waals surface area contributed by atoms with Gasteiger partial charge in [-0.2, -0.15) is 0 Å². The van der Waals surface area contributed by atoms with Crippen LogP contribution in [0.2, 0.25) is 0 Å². The Morgan fingerprint density at radius 1 is 1.29 bits per heavy atom. The van der Waals surface area contributed by atoms with Crippen LogP contribution in [0.1, 0.15) is 20.8 Å². The van der Waals surface area contributed by atoms with Crippen molar-refractivity contribution in [3.05, 3.63) is 30.0 Å². The molecule has 0 atom stereocenters. The van der Waals surface area contributed by atoms with E-state index in [0.717, 1.165) is 4.90 Å². The molecule has 0 saturated heterocycles. The number of ether oxygens (including phenoxy) is 1. The van der Waals surface area contributed by atoms with Crippen molar-refractivity contribution in [2.75, 3.05) is 24.3 Å². The van der Waals surface area contributed by atoms with E-state index >= 15 is 0 Å². The summed E-state index contributed by atoms with van der Waals surface area (Å²) in [5.74, 6) is -0.368. The number of hydrogen-bond donors (Lipinski definition) is 2. The minimum Gasteiger partial charge on any atom is -0.494 e. The molecule has 1 aliphatic rings. The van der Waals surface area contributed by atoms with Gasteiger partial charge in [0.15, 0.2) is 0 Å². The maximum atomic E-state index is 11.8. The van der Waals surface area contributed by atoms with Gasteiger partial charge in [0.1, 0.15) is 5.75 Å². The molecule has 2 N–H and O–H groups in total. The summed E-state index contributed by atoms with van der Waals surface area (Å²) in [6.07, 6.45) is 1.39. The molecule has 24 heavy (non-hydrogen) atoms. The van der Waals surface area contributed by atoms with E-state index in [1.807, 2.05) is 13.8 Å². The fourth-order valence-corrected chi connectivity index (χ4v) is 2.20. The lowest BCUT2D eigenvalue weighted by molar-refractivity contribution is -0.138. The van der Waals surface area contributed by atoms with Crippen molar-refractivity contribution in [3.63, 3.8) is 0 Å². The average Bonchev–Trinajstić information content (AvgIpc) is 2.89. The first-order valence-electron chi connectivity index (χ1n) is 7.60. The van der Waals surface area contributed by atoms with Crippen LogP contribution >= 0.6 is 0 Å². The van der Waals surface area contributed by atoms with Gasteiger partial charge in [0.25, 0.3) is 5.91 Å². The zero-order valence-electron chi connectivity index (χ0n) is 14.2. The first-order valence-corrected chi connectivity index (χ1v) is 7.60. The van der Waals surface area contributed by atoms with E-state index in [0.29, 0.717) is 22.8 Å². The van der Waals surface area contributed by atoms with Crippen LogP contribution in [0.5, 0.6) is 5.75 Å². The zero-order valence-corrected chi connectivity index (χ0v) is 14.2. The fourth-order valence-electron chi connectivity index (χ4n) is 2.20. The number of nitrogens with one attached hydrogen (secondary N) is 2. The molecular weight excluding hydrogens is 310 g/mol. The third-order valence-electron chi connectivity index (χ3n) is 3.56. The summed E-state index contributed by atoms with van der Waals surface area (Å²) in [4.78, 5) is 36.0. The molecule has 0 saturated carbocycles. The summed E-state index contributed by atoms with van der Waals surface area (Å²) in [7, 11) is 1.51. The number of imide groups is 1. The maximum absolute atomic E-state index is 11.8. The number of methoxy groups -OCH3 is 1. The van der Waals surface area contributed by atoms with Crippen LogP contribution in [0.4, 0.5) is 11.4 Å². The van der Waals surface area contributed by atoms with E-state index in [9.17, 15) is 14.4 Å². The minimum atomic E-state index is -0.335. The quantitative estimate of drug-likeness (QED) is 0.861. The molecule has 1 heterocycles. The molecule has 0 fully saturated rings. The lowest BCUT2D eigenvalue weighted by Crippen LogP contribution is -2.31. The molecule has 7 heteroatoms.